The average molecular weight is 948 g/mol. The van der Waals surface area contributed by atoms with Crippen LogP contribution in [-0.4, -0.2) is 90.1 Å². The molecule has 0 radical (unpaired) electrons. The third-order valence-electron chi connectivity index (χ3n) is 13.2. The molecule has 0 bridgehead atoms. The first-order chi connectivity index (χ1) is 33.8. The molecule has 0 aromatic heterocycles. The van der Waals surface area contributed by atoms with E-state index in [0.717, 1.165) is 47.9 Å². The van der Waals surface area contributed by atoms with Crippen molar-refractivity contribution in [3.05, 3.63) is 142 Å². The molecule has 6 atom stereocenters. The number of carbonyl (C=O) groups excluding carboxylic acids is 1. The highest BCUT2D eigenvalue weighted by Gasteiger charge is 2.65. The number of oxime groups is 1. The molecule has 2 aliphatic carbocycles. The molecule has 69 heavy (non-hydrogen) atoms. The van der Waals surface area contributed by atoms with Gasteiger partial charge < -0.3 is 48.2 Å². The number of ether oxygens (including phenoxy) is 7. The van der Waals surface area contributed by atoms with Gasteiger partial charge in [0, 0.05) is 43.7 Å². The van der Waals surface area contributed by atoms with Crippen molar-refractivity contribution in [1.82, 2.24) is 4.90 Å². The maximum atomic E-state index is 15.0. The van der Waals surface area contributed by atoms with Crippen molar-refractivity contribution >= 4 is 17.5 Å². The smallest absolute Gasteiger partial charge is 0.410 e. The molecule has 0 saturated heterocycles. The number of amides is 1. The molecule has 4 aliphatic rings. The number of allylic oxidation sites excluding steroid dienone is 1. The molecule has 2 N–H and O–H groups in total. The third kappa shape index (κ3) is 11.2. The first-order valence-electron chi connectivity index (χ1n) is 23.8. The monoisotopic (exact) mass is 947 g/mol. The summed E-state index contributed by atoms with van der Waals surface area (Å²) in [6.07, 6.45) is 7.64. The van der Waals surface area contributed by atoms with Gasteiger partial charge in [-0.05, 0) is 97.5 Å². The zero-order chi connectivity index (χ0) is 48.2. The highest BCUT2D eigenvalue weighted by molar-refractivity contribution is 6.03. The van der Waals surface area contributed by atoms with Gasteiger partial charge in [-0.15, -0.1) is 6.58 Å². The lowest BCUT2D eigenvalue weighted by molar-refractivity contribution is -0.384. The van der Waals surface area contributed by atoms with Crippen LogP contribution in [0.3, 0.4) is 0 Å². The maximum Gasteiger partial charge on any atom is 0.410 e. The van der Waals surface area contributed by atoms with Gasteiger partial charge in [0.05, 0.1) is 42.4 Å². The molecule has 8 rings (SSSR count). The quantitative estimate of drug-likeness (QED) is 0.0293. The van der Waals surface area contributed by atoms with Gasteiger partial charge in [0.15, 0.2) is 11.5 Å². The van der Waals surface area contributed by atoms with Gasteiger partial charge in [-0.1, -0.05) is 72.6 Å². The summed E-state index contributed by atoms with van der Waals surface area (Å²) in [5.41, 5.74) is 3.94. The molecule has 2 heterocycles. The first-order valence-corrected chi connectivity index (χ1v) is 23.8. The number of unbranched alkanes of at least 4 members (excludes halogenated alkanes) is 2. The Morgan fingerprint density at radius 1 is 0.913 bits per heavy atom. The van der Waals surface area contributed by atoms with Crippen LogP contribution in [0.1, 0.15) is 74.5 Å². The number of nitrogens with zero attached hydrogens (tertiary/aromatic N) is 3. The van der Waals surface area contributed by atoms with E-state index >= 15 is 4.79 Å². The summed E-state index contributed by atoms with van der Waals surface area (Å²) in [5.74, 6) is -0.208. The minimum Gasteiger partial charge on any atom is -0.459 e. The van der Waals surface area contributed by atoms with Gasteiger partial charge in [0.2, 0.25) is 12.6 Å². The van der Waals surface area contributed by atoms with Crippen LogP contribution in [0, 0.1) is 27.9 Å². The molecule has 6 unspecified atom stereocenters. The van der Waals surface area contributed by atoms with Crippen LogP contribution in [-0.2, 0) is 32.2 Å². The fourth-order valence-electron chi connectivity index (χ4n) is 10.2. The standard InChI is InChI=1S/C53H61N3O13/c1-3-25-66-53-49(55(33-37-19-21-47-48(28-37)65-35-64-47)52(59)63-27-26-62-34-36-13-6-5-7-14-36)32-45(54-67-4-2)43-29-38(15-8-10-23-57)42(18-9-11-24-58)50(51(43)53)44-31-41(20-22-46(44)69-53)68-40-17-12-16-39(30-40)56(60)61/h3,5-7,12-14,16-17,19-22,28-31,38,42,49-51,57-58H,1,4,8-11,15,18,23-27,32-35H2,2H3. The normalized spacial score (nSPS) is 22.4. The number of nitro benzene ring substituents is 1. The summed E-state index contributed by atoms with van der Waals surface area (Å²) in [5, 5.41) is 36.5. The molecule has 16 heteroatoms. The summed E-state index contributed by atoms with van der Waals surface area (Å²) in [7, 11) is 0. The Kier molecular flexibility index (Phi) is 16.5. The Morgan fingerprint density at radius 3 is 2.48 bits per heavy atom. The van der Waals surface area contributed by atoms with Gasteiger partial charge in [0.1, 0.15) is 36.5 Å². The lowest BCUT2D eigenvalue weighted by atomic mass is 9.55. The van der Waals surface area contributed by atoms with Crippen LogP contribution >= 0.6 is 0 Å². The number of benzene rings is 4. The number of nitro groups is 1. The molecule has 366 valence electrons. The van der Waals surface area contributed by atoms with Crippen LogP contribution in [0.4, 0.5) is 10.5 Å². The van der Waals surface area contributed by atoms with E-state index in [4.69, 9.17) is 43.2 Å². The Hall–Kier alpha value is -6.46. The van der Waals surface area contributed by atoms with Crippen molar-refractivity contribution in [3.8, 4) is 28.7 Å². The number of hydrogen-bond acceptors (Lipinski definition) is 14. The average Bonchev–Trinajstić information content (AvgIpc) is 3.84. The molecular formula is C53H61N3O13. The predicted octanol–water partition coefficient (Wildman–Crippen LogP) is 9.62. The van der Waals surface area contributed by atoms with Crippen molar-refractivity contribution in [3.63, 3.8) is 0 Å². The van der Waals surface area contributed by atoms with Crippen LogP contribution in [0.15, 0.2) is 120 Å². The largest absolute Gasteiger partial charge is 0.459 e. The van der Waals surface area contributed by atoms with E-state index in [2.05, 4.69) is 12.7 Å². The van der Waals surface area contributed by atoms with Crippen molar-refractivity contribution in [2.45, 2.75) is 82.8 Å². The van der Waals surface area contributed by atoms with Crippen LogP contribution in [0.2, 0.25) is 0 Å². The summed E-state index contributed by atoms with van der Waals surface area (Å²) in [6, 6.07) is 26.0. The molecule has 4 aromatic carbocycles. The third-order valence-corrected chi connectivity index (χ3v) is 13.2. The maximum absolute atomic E-state index is 15.0. The van der Waals surface area contributed by atoms with Gasteiger partial charge in [0.25, 0.3) is 5.69 Å². The topological polar surface area (TPSA) is 190 Å². The fourth-order valence-corrected chi connectivity index (χ4v) is 10.2. The van der Waals surface area contributed by atoms with E-state index in [1.807, 2.05) is 67.6 Å². The van der Waals surface area contributed by atoms with Crippen LogP contribution < -0.4 is 18.9 Å². The van der Waals surface area contributed by atoms with E-state index in [-0.39, 0.29) is 76.2 Å². The summed E-state index contributed by atoms with van der Waals surface area (Å²) >= 11 is 0. The van der Waals surface area contributed by atoms with Crippen LogP contribution in [0.5, 0.6) is 28.7 Å². The van der Waals surface area contributed by atoms with Crippen LogP contribution in [0.25, 0.3) is 0 Å². The Labute approximate surface area is 402 Å². The van der Waals surface area contributed by atoms with Crippen molar-refractivity contribution in [2.75, 3.05) is 46.4 Å². The van der Waals surface area contributed by atoms with E-state index in [1.165, 1.54) is 12.1 Å². The zero-order valence-corrected chi connectivity index (χ0v) is 38.9. The van der Waals surface area contributed by atoms with E-state index in [9.17, 15) is 20.3 Å². The summed E-state index contributed by atoms with van der Waals surface area (Å²) < 4.78 is 44.3. The number of rotatable bonds is 24. The molecule has 1 amide bonds. The Bertz CT molecular complexity index is 2460. The highest BCUT2D eigenvalue weighted by Crippen LogP contribution is 2.62. The molecule has 1 saturated carbocycles. The number of aliphatic hydroxyl groups excluding tert-OH is 2. The predicted molar refractivity (Wildman–Crippen MR) is 255 cm³/mol. The SMILES string of the molecule is C=CCOC12Oc3ccc(Oc4cccc([N+](=O)[O-])c4)cc3C3C(CCCCO)C(CCCCO)C=C(C(=NOCC)CC1N(Cc1ccc4c(c1)OCO4)C(=O)OCCOCc1ccccc1)C32. The fraction of sp³-hybridized carbons (Fsp3) is 0.434. The van der Waals surface area contributed by atoms with Gasteiger partial charge in [-0.2, -0.15) is 0 Å². The first kappa shape index (κ1) is 49.0. The van der Waals surface area contributed by atoms with Gasteiger partial charge in [-0.3, -0.25) is 15.0 Å². The Balaban J connectivity index is 1.27. The van der Waals surface area contributed by atoms with E-state index in [0.29, 0.717) is 60.5 Å². The molecule has 0 spiro atoms. The number of hydrogen-bond donors (Lipinski definition) is 2. The van der Waals surface area contributed by atoms with E-state index < -0.39 is 28.8 Å². The van der Waals surface area contributed by atoms with Crippen molar-refractivity contribution < 1.29 is 57.9 Å². The number of aliphatic hydroxyl groups is 2. The van der Waals surface area contributed by atoms with Crippen molar-refractivity contribution in [2.24, 2.45) is 22.9 Å². The molecule has 2 aliphatic heterocycles. The second-order valence-electron chi connectivity index (χ2n) is 17.5. The summed E-state index contributed by atoms with van der Waals surface area (Å²) in [4.78, 5) is 33.8. The minimum absolute atomic E-state index is 0.00939. The van der Waals surface area contributed by atoms with Gasteiger partial charge >= 0.3 is 6.09 Å². The van der Waals surface area contributed by atoms with E-state index in [1.54, 1.807) is 29.2 Å². The lowest BCUT2D eigenvalue weighted by Crippen LogP contribution is -2.70. The Morgan fingerprint density at radius 2 is 1.70 bits per heavy atom. The molecule has 16 nitrogen and oxygen atoms in total. The number of carbonyl (C=O) groups is 1. The second-order valence-corrected chi connectivity index (χ2v) is 17.5. The second kappa shape index (κ2) is 23.2. The zero-order valence-electron chi connectivity index (χ0n) is 38.9. The van der Waals surface area contributed by atoms with Gasteiger partial charge in [-0.25, -0.2) is 4.79 Å². The highest BCUT2D eigenvalue weighted by atomic mass is 16.7. The molecule has 4 aromatic rings. The number of non-ortho nitro benzene ring substituents is 1. The lowest BCUT2D eigenvalue weighted by Gasteiger charge is -2.59. The molecular weight excluding hydrogens is 887 g/mol. The molecule has 1 fully saturated rings. The number of fused-ring (bicyclic) bond motifs is 3. The summed E-state index contributed by atoms with van der Waals surface area (Å²) in [6.45, 7) is 6.94. The minimum atomic E-state index is -1.57. The van der Waals surface area contributed by atoms with Crippen molar-refractivity contribution in [1.29, 1.82) is 0 Å².